The molecule has 0 amide bonds. The quantitative estimate of drug-likeness (QED) is 0.129. The van der Waals surface area contributed by atoms with Gasteiger partial charge in [0.15, 0.2) is 0 Å². The molecular weight excluding hydrogens is 424 g/mol. The minimum atomic E-state index is -0.288. The number of carbonyl (C=O) groups is 1. The van der Waals surface area contributed by atoms with Gasteiger partial charge in [0.2, 0.25) is 0 Å². The molecule has 1 unspecified atom stereocenters. The third-order valence-corrected chi connectivity index (χ3v) is 6.18. The van der Waals surface area contributed by atoms with Crippen molar-refractivity contribution >= 4 is 16.9 Å². The molecule has 0 radical (unpaired) electrons. The first-order valence-electron chi connectivity index (χ1n) is 12.7. The molecule has 0 aliphatic rings. The van der Waals surface area contributed by atoms with Gasteiger partial charge in [-0.3, -0.25) is 0 Å². The minimum absolute atomic E-state index is 0.288. The Morgan fingerprint density at radius 1 is 1.03 bits per heavy atom. The van der Waals surface area contributed by atoms with Crippen LogP contribution in [0.1, 0.15) is 75.6 Å². The zero-order chi connectivity index (χ0) is 24.2. The molecule has 4 nitrogen and oxygen atoms in total. The van der Waals surface area contributed by atoms with Gasteiger partial charge < -0.3 is 13.9 Å². The van der Waals surface area contributed by atoms with Crippen molar-refractivity contribution in [2.75, 3.05) is 13.2 Å². The Balaban J connectivity index is 1.54. The van der Waals surface area contributed by atoms with E-state index in [9.17, 15) is 4.79 Å². The summed E-state index contributed by atoms with van der Waals surface area (Å²) in [5, 5.41) is 0.971. The second kappa shape index (κ2) is 13.6. The molecule has 1 heterocycles. The molecule has 34 heavy (non-hydrogen) atoms. The van der Waals surface area contributed by atoms with Gasteiger partial charge in [-0.25, -0.2) is 4.79 Å². The Labute approximate surface area is 204 Å². The number of allylic oxidation sites excluding steroid dienone is 1. The number of hydrogen-bond acceptors (Lipinski definition) is 4. The maximum absolute atomic E-state index is 12.3. The summed E-state index contributed by atoms with van der Waals surface area (Å²) < 4.78 is 17.6. The molecule has 4 heteroatoms. The molecule has 0 spiro atoms. The number of hydrogen-bond donors (Lipinski definition) is 0. The summed E-state index contributed by atoms with van der Waals surface area (Å²) in [6.45, 7) is 9.08. The lowest BCUT2D eigenvalue weighted by Gasteiger charge is -2.09. The van der Waals surface area contributed by atoms with Gasteiger partial charge in [0, 0.05) is 5.56 Å². The van der Waals surface area contributed by atoms with Gasteiger partial charge in [-0.15, -0.1) is 6.58 Å². The van der Waals surface area contributed by atoms with Gasteiger partial charge in [-0.1, -0.05) is 70.2 Å². The smallest absolute Gasteiger partial charge is 0.338 e. The molecular formula is C30H38O4. The molecule has 3 aromatic rings. The maximum Gasteiger partial charge on any atom is 0.338 e. The maximum atomic E-state index is 12.3. The van der Waals surface area contributed by atoms with E-state index in [1.807, 2.05) is 42.5 Å². The van der Waals surface area contributed by atoms with Gasteiger partial charge in [0.05, 0.1) is 24.2 Å². The molecule has 0 aliphatic heterocycles. The number of unbranched alkanes of at least 4 members (excludes halogenated alkanes) is 6. The zero-order valence-corrected chi connectivity index (χ0v) is 20.7. The highest BCUT2D eigenvalue weighted by molar-refractivity contribution is 5.91. The SMILES string of the molecule is C=CCCCCCCCCOc1cccc2oc(-c3ccc(C(=O)OCC(C)CC)cc3)cc12. The van der Waals surface area contributed by atoms with Crippen LogP contribution in [0.2, 0.25) is 0 Å². The van der Waals surface area contributed by atoms with Crippen molar-refractivity contribution in [3.63, 3.8) is 0 Å². The monoisotopic (exact) mass is 462 g/mol. The van der Waals surface area contributed by atoms with E-state index in [0.29, 0.717) is 24.7 Å². The summed E-state index contributed by atoms with van der Waals surface area (Å²) in [6, 6.07) is 15.3. The molecule has 1 atom stereocenters. The first-order chi connectivity index (χ1) is 16.6. The molecule has 0 aliphatic carbocycles. The molecule has 0 bridgehead atoms. The van der Waals surface area contributed by atoms with Crippen molar-refractivity contribution < 1.29 is 18.7 Å². The van der Waals surface area contributed by atoms with Crippen LogP contribution in [0.5, 0.6) is 5.75 Å². The van der Waals surface area contributed by atoms with Gasteiger partial charge in [0.1, 0.15) is 17.1 Å². The van der Waals surface area contributed by atoms with Crippen molar-refractivity contribution in [3.05, 3.63) is 66.7 Å². The van der Waals surface area contributed by atoms with E-state index in [4.69, 9.17) is 13.9 Å². The van der Waals surface area contributed by atoms with Crippen LogP contribution in [0.25, 0.3) is 22.3 Å². The Morgan fingerprint density at radius 2 is 1.76 bits per heavy atom. The molecule has 2 aromatic carbocycles. The Bertz CT molecular complexity index is 1030. The molecule has 0 fully saturated rings. The lowest BCUT2D eigenvalue weighted by molar-refractivity contribution is 0.0447. The summed E-state index contributed by atoms with van der Waals surface area (Å²) >= 11 is 0. The van der Waals surface area contributed by atoms with Crippen LogP contribution in [0.3, 0.4) is 0 Å². The van der Waals surface area contributed by atoms with Crippen molar-refractivity contribution in [1.82, 2.24) is 0 Å². The van der Waals surface area contributed by atoms with Crippen molar-refractivity contribution in [2.45, 2.75) is 65.2 Å². The third-order valence-electron chi connectivity index (χ3n) is 6.18. The highest BCUT2D eigenvalue weighted by Gasteiger charge is 2.13. The number of fused-ring (bicyclic) bond motifs is 1. The number of carbonyl (C=O) groups excluding carboxylic acids is 1. The average molecular weight is 463 g/mol. The van der Waals surface area contributed by atoms with Crippen LogP contribution in [-0.2, 0) is 4.74 Å². The summed E-state index contributed by atoms with van der Waals surface area (Å²) in [7, 11) is 0. The van der Waals surface area contributed by atoms with Crippen molar-refractivity contribution in [1.29, 1.82) is 0 Å². The number of ether oxygens (including phenoxy) is 2. The summed E-state index contributed by atoms with van der Waals surface area (Å²) in [5.74, 6) is 1.68. The highest BCUT2D eigenvalue weighted by Crippen LogP contribution is 2.33. The highest BCUT2D eigenvalue weighted by atomic mass is 16.5. The fourth-order valence-electron chi connectivity index (χ4n) is 3.77. The first kappa shape index (κ1) is 25.6. The Hall–Kier alpha value is -3.01. The normalized spacial score (nSPS) is 11.9. The fourth-order valence-corrected chi connectivity index (χ4v) is 3.77. The van der Waals surface area contributed by atoms with Crippen LogP contribution in [-0.4, -0.2) is 19.2 Å². The van der Waals surface area contributed by atoms with Gasteiger partial charge >= 0.3 is 5.97 Å². The van der Waals surface area contributed by atoms with Crippen molar-refractivity contribution in [3.8, 4) is 17.1 Å². The van der Waals surface area contributed by atoms with E-state index < -0.39 is 0 Å². The number of rotatable bonds is 15. The predicted octanol–water partition coefficient (Wildman–Crippen LogP) is 8.60. The predicted molar refractivity (Wildman–Crippen MR) is 139 cm³/mol. The number of benzene rings is 2. The Kier molecular flexibility index (Phi) is 10.3. The first-order valence-corrected chi connectivity index (χ1v) is 12.7. The molecule has 0 saturated carbocycles. The topological polar surface area (TPSA) is 48.7 Å². The largest absolute Gasteiger partial charge is 0.493 e. The van der Waals surface area contributed by atoms with Gasteiger partial charge in [0.25, 0.3) is 0 Å². The second-order valence-electron chi connectivity index (χ2n) is 9.01. The number of furan rings is 1. The van der Waals surface area contributed by atoms with E-state index in [-0.39, 0.29) is 5.97 Å². The third kappa shape index (κ3) is 7.51. The summed E-state index contributed by atoms with van der Waals surface area (Å²) in [6.07, 6.45) is 11.4. The fraction of sp³-hybridized carbons (Fsp3) is 0.433. The lowest BCUT2D eigenvalue weighted by Crippen LogP contribution is -2.11. The van der Waals surface area contributed by atoms with Crippen LogP contribution in [0, 0.1) is 5.92 Å². The van der Waals surface area contributed by atoms with E-state index in [2.05, 4.69) is 20.4 Å². The molecule has 3 rings (SSSR count). The summed E-state index contributed by atoms with van der Waals surface area (Å²) in [5.41, 5.74) is 2.26. The Morgan fingerprint density at radius 3 is 2.50 bits per heavy atom. The minimum Gasteiger partial charge on any atom is -0.493 e. The molecule has 0 N–H and O–H groups in total. The average Bonchev–Trinajstić information content (AvgIpc) is 3.31. The van der Waals surface area contributed by atoms with Crippen LogP contribution in [0.4, 0.5) is 0 Å². The number of esters is 1. The van der Waals surface area contributed by atoms with E-state index >= 15 is 0 Å². The van der Waals surface area contributed by atoms with Crippen molar-refractivity contribution in [2.24, 2.45) is 5.92 Å². The molecule has 182 valence electrons. The molecule has 1 aromatic heterocycles. The van der Waals surface area contributed by atoms with Gasteiger partial charge in [-0.2, -0.15) is 0 Å². The van der Waals surface area contributed by atoms with Crippen LogP contribution in [0.15, 0.2) is 65.6 Å². The second-order valence-corrected chi connectivity index (χ2v) is 9.01. The molecule has 0 saturated heterocycles. The van der Waals surface area contributed by atoms with E-state index in [1.54, 1.807) is 12.1 Å². The van der Waals surface area contributed by atoms with Gasteiger partial charge in [-0.05, 0) is 55.5 Å². The zero-order valence-electron chi connectivity index (χ0n) is 20.7. The van der Waals surface area contributed by atoms with Crippen LogP contribution >= 0.6 is 0 Å². The van der Waals surface area contributed by atoms with E-state index in [1.165, 1.54) is 32.1 Å². The standard InChI is InChI=1S/C30H38O4/c1-4-6-7-8-9-10-11-12-20-32-27-14-13-15-28-26(27)21-29(34-28)24-16-18-25(19-17-24)30(31)33-22-23(3)5-2/h4,13-19,21,23H,1,5-12,20,22H2,2-3H3. The lowest BCUT2D eigenvalue weighted by atomic mass is 10.1. The summed E-state index contributed by atoms with van der Waals surface area (Å²) in [4.78, 5) is 12.3. The van der Waals surface area contributed by atoms with E-state index in [0.717, 1.165) is 47.3 Å². The van der Waals surface area contributed by atoms with Crippen LogP contribution < -0.4 is 4.74 Å².